The molecule has 98 valence electrons. The Balaban J connectivity index is 2.32. The predicted octanol–water partition coefficient (Wildman–Crippen LogP) is 3.61. The van der Waals surface area contributed by atoms with Crippen molar-refractivity contribution in [1.82, 2.24) is 0 Å². The molecule has 2 N–H and O–H groups in total. The average Bonchev–Trinajstić information content (AvgIpc) is 2.77. The first-order valence-corrected chi connectivity index (χ1v) is 7.33. The van der Waals surface area contributed by atoms with Crippen molar-refractivity contribution in [2.24, 2.45) is 0 Å². The van der Waals surface area contributed by atoms with Gasteiger partial charge in [0.05, 0.1) is 16.1 Å². The van der Waals surface area contributed by atoms with Gasteiger partial charge in [-0.1, -0.05) is 0 Å². The standard InChI is InChI=1S/C13H10INO3S/c1-7-4-5-19-11(7)12(16)15-10-3-2-8(14)6-9(10)13(17)18/h2-6H,1H3,(H,15,16)(H,17,18). The Morgan fingerprint density at radius 2 is 2.05 bits per heavy atom. The van der Waals surface area contributed by atoms with E-state index in [0.717, 1.165) is 9.13 Å². The van der Waals surface area contributed by atoms with Gasteiger partial charge in [0, 0.05) is 3.57 Å². The molecule has 1 aromatic heterocycles. The fourth-order valence-corrected chi connectivity index (χ4v) is 2.90. The summed E-state index contributed by atoms with van der Waals surface area (Å²) in [6.45, 7) is 1.84. The number of amides is 1. The van der Waals surface area contributed by atoms with E-state index in [9.17, 15) is 9.59 Å². The van der Waals surface area contributed by atoms with E-state index >= 15 is 0 Å². The van der Waals surface area contributed by atoms with Crippen LogP contribution in [-0.2, 0) is 0 Å². The van der Waals surface area contributed by atoms with Crippen LogP contribution in [0.25, 0.3) is 0 Å². The summed E-state index contributed by atoms with van der Waals surface area (Å²) in [4.78, 5) is 23.8. The van der Waals surface area contributed by atoms with Crippen LogP contribution in [0.5, 0.6) is 0 Å². The van der Waals surface area contributed by atoms with E-state index in [1.807, 2.05) is 41.0 Å². The van der Waals surface area contributed by atoms with E-state index in [-0.39, 0.29) is 11.5 Å². The molecule has 0 saturated heterocycles. The monoisotopic (exact) mass is 387 g/mol. The minimum atomic E-state index is -1.06. The minimum Gasteiger partial charge on any atom is -0.478 e. The molecule has 0 saturated carbocycles. The van der Waals surface area contributed by atoms with Crippen LogP contribution in [0.2, 0.25) is 0 Å². The molecule has 0 atom stereocenters. The maximum Gasteiger partial charge on any atom is 0.337 e. The summed E-state index contributed by atoms with van der Waals surface area (Å²) < 4.78 is 0.806. The molecule has 1 heterocycles. The molecule has 0 radical (unpaired) electrons. The Kier molecular flexibility index (Phi) is 4.20. The molecular formula is C13H10INO3S. The van der Waals surface area contributed by atoms with Gasteiger partial charge >= 0.3 is 5.97 Å². The number of anilines is 1. The van der Waals surface area contributed by atoms with Crippen molar-refractivity contribution in [3.63, 3.8) is 0 Å². The molecule has 4 nitrogen and oxygen atoms in total. The number of halogens is 1. The number of rotatable bonds is 3. The highest BCUT2D eigenvalue weighted by atomic mass is 127. The third kappa shape index (κ3) is 3.13. The van der Waals surface area contributed by atoms with E-state index in [0.29, 0.717) is 10.6 Å². The summed E-state index contributed by atoms with van der Waals surface area (Å²) in [6.07, 6.45) is 0. The van der Waals surface area contributed by atoms with Gasteiger partial charge in [-0.05, 0) is 64.7 Å². The highest BCUT2D eigenvalue weighted by molar-refractivity contribution is 14.1. The Labute approximate surface area is 127 Å². The van der Waals surface area contributed by atoms with E-state index in [1.165, 1.54) is 17.4 Å². The number of aromatic carboxylic acids is 1. The van der Waals surface area contributed by atoms with Crippen LogP contribution in [0.4, 0.5) is 5.69 Å². The van der Waals surface area contributed by atoms with Gasteiger partial charge in [0.15, 0.2) is 0 Å². The number of thiophene rings is 1. The quantitative estimate of drug-likeness (QED) is 0.791. The zero-order valence-corrected chi connectivity index (χ0v) is 12.9. The zero-order valence-electron chi connectivity index (χ0n) is 9.94. The number of carboxylic acid groups (broad SMARTS) is 1. The number of carboxylic acids is 1. The van der Waals surface area contributed by atoms with Crippen molar-refractivity contribution in [3.05, 3.63) is 49.2 Å². The van der Waals surface area contributed by atoms with Crippen molar-refractivity contribution >= 4 is 51.5 Å². The fraction of sp³-hybridized carbons (Fsp3) is 0.0769. The van der Waals surface area contributed by atoms with Crippen LogP contribution < -0.4 is 5.32 Å². The normalized spacial score (nSPS) is 10.2. The van der Waals surface area contributed by atoms with Crippen LogP contribution in [0.15, 0.2) is 29.6 Å². The molecule has 0 unspecified atom stereocenters. The second kappa shape index (κ2) is 5.70. The molecule has 1 amide bonds. The third-order valence-electron chi connectivity index (χ3n) is 2.53. The van der Waals surface area contributed by atoms with Gasteiger partial charge in [0.2, 0.25) is 0 Å². The molecule has 19 heavy (non-hydrogen) atoms. The van der Waals surface area contributed by atoms with Gasteiger partial charge in [-0.3, -0.25) is 4.79 Å². The molecular weight excluding hydrogens is 377 g/mol. The number of nitrogens with one attached hydrogen (secondary N) is 1. The number of carbonyl (C=O) groups is 2. The SMILES string of the molecule is Cc1ccsc1C(=O)Nc1ccc(I)cc1C(=O)O. The van der Waals surface area contributed by atoms with Crippen LogP contribution in [0.3, 0.4) is 0 Å². The number of carbonyl (C=O) groups excluding carboxylic acids is 1. The first-order chi connectivity index (χ1) is 8.99. The molecule has 0 spiro atoms. The Bertz CT molecular complexity index is 651. The lowest BCUT2D eigenvalue weighted by atomic mass is 10.1. The molecule has 2 aromatic rings. The lowest BCUT2D eigenvalue weighted by Gasteiger charge is -2.08. The van der Waals surface area contributed by atoms with Gasteiger partial charge < -0.3 is 10.4 Å². The van der Waals surface area contributed by atoms with E-state index in [4.69, 9.17) is 5.11 Å². The lowest BCUT2D eigenvalue weighted by molar-refractivity contribution is 0.0698. The van der Waals surface area contributed by atoms with Crippen LogP contribution in [-0.4, -0.2) is 17.0 Å². The number of hydrogen-bond donors (Lipinski definition) is 2. The summed E-state index contributed by atoms with van der Waals surface area (Å²) in [5.74, 6) is -1.34. The Hall–Kier alpha value is -1.41. The van der Waals surface area contributed by atoms with E-state index < -0.39 is 5.97 Å². The first-order valence-electron chi connectivity index (χ1n) is 5.37. The highest BCUT2D eigenvalue weighted by Gasteiger charge is 2.15. The van der Waals surface area contributed by atoms with E-state index in [2.05, 4.69) is 5.32 Å². The van der Waals surface area contributed by atoms with Crippen molar-refractivity contribution < 1.29 is 14.7 Å². The molecule has 2 rings (SSSR count). The average molecular weight is 387 g/mol. The molecule has 0 aliphatic rings. The van der Waals surface area contributed by atoms with Gasteiger partial charge in [0.25, 0.3) is 5.91 Å². The highest BCUT2D eigenvalue weighted by Crippen LogP contribution is 2.22. The summed E-state index contributed by atoms with van der Waals surface area (Å²) in [6, 6.07) is 6.74. The fourth-order valence-electron chi connectivity index (χ4n) is 1.59. The zero-order chi connectivity index (χ0) is 14.0. The number of hydrogen-bond acceptors (Lipinski definition) is 3. The summed E-state index contributed by atoms with van der Waals surface area (Å²) >= 11 is 3.36. The van der Waals surface area contributed by atoms with Crippen molar-refractivity contribution in [2.75, 3.05) is 5.32 Å². The molecule has 0 aliphatic carbocycles. The topological polar surface area (TPSA) is 66.4 Å². The number of aryl methyl sites for hydroxylation is 1. The maximum absolute atomic E-state index is 12.1. The predicted molar refractivity (Wildman–Crippen MR) is 83.1 cm³/mol. The molecule has 6 heteroatoms. The van der Waals surface area contributed by atoms with Crippen LogP contribution in [0, 0.1) is 10.5 Å². The number of benzene rings is 1. The van der Waals surface area contributed by atoms with Gasteiger partial charge in [-0.25, -0.2) is 4.79 Å². The van der Waals surface area contributed by atoms with Crippen molar-refractivity contribution in [1.29, 1.82) is 0 Å². The van der Waals surface area contributed by atoms with Crippen LogP contribution in [0.1, 0.15) is 25.6 Å². The molecule has 1 aromatic carbocycles. The second-order valence-electron chi connectivity index (χ2n) is 3.88. The van der Waals surface area contributed by atoms with Crippen molar-refractivity contribution in [3.8, 4) is 0 Å². The van der Waals surface area contributed by atoms with Crippen molar-refractivity contribution in [2.45, 2.75) is 6.92 Å². The summed E-state index contributed by atoms with van der Waals surface area (Å²) in [5, 5.41) is 13.6. The molecule has 0 bridgehead atoms. The van der Waals surface area contributed by atoms with Gasteiger partial charge in [0.1, 0.15) is 0 Å². The molecule has 0 fully saturated rings. The third-order valence-corrected chi connectivity index (χ3v) is 4.21. The Morgan fingerprint density at radius 1 is 1.32 bits per heavy atom. The first kappa shape index (κ1) is 14.0. The van der Waals surface area contributed by atoms with E-state index in [1.54, 1.807) is 12.1 Å². The minimum absolute atomic E-state index is 0.0921. The lowest BCUT2D eigenvalue weighted by Crippen LogP contribution is -2.14. The van der Waals surface area contributed by atoms with Gasteiger partial charge in [-0.15, -0.1) is 11.3 Å². The second-order valence-corrected chi connectivity index (χ2v) is 6.04. The van der Waals surface area contributed by atoms with Gasteiger partial charge in [-0.2, -0.15) is 0 Å². The largest absolute Gasteiger partial charge is 0.478 e. The summed E-state index contributed by atoms with van der Waals surface area (Å²) in [5.41, 5.74) is 1.28. The van der Waals surface area contributed by atoms with Crippen LogP contribution >= 0.6 is 33.9 Å². The Morgan fingerprint density at radius 3 is 2.63 bits per heavy atom. The maximum atomic E-state index is 12.1. The summed E-state index contributed by atoms with van der Waals surface area (Å²) in [7, 11) is 0. The molecule has 0 aliphatic heterocycles. The smallest absolute Gasteiger partial charge is 0.337 e.